The molecule has 14 heteroatoms. The Labute approximate surface area is 206 Å². The molecular formula is C20H24N2O8S4. The van der Waals surface area contributed by atoms with Crippen LogP contribution >= 0.6 is 21.6 Å². The van der Waals surface area contributed by atoms with Gasteiger partial charge in [0.15, 0.2) is 0 Å². The Morgan fingerprint density at radius 2 is 1.00 bits per heavy atom. The maximum atomic E-state index is 12.2. The molecule has 0 bridgehead atoms. The van der Waals surface area contributed by atoms with Gasteiger partial charge < -0.3 is 9.47 Å². The summed E-state index contributed by atoms with van der Waals surface area (Å²) in [5.74, 6) is 0.275. The first-order valence-electron chi connectivity index (χ1n) is 9.71. The van der Waals surface area contributed by atoms with E-state index in [0.717, 1.165) is 0 Å². The summed E-state index contributed by atoms with van der Waals surface area (Å²) in [6.07, 6.45) is -0.101. The fraction of sp³-hybridized carbons (Fsp3) is 0.300. The van der Waals surface area contributed by atoms with E-state index in [0.29, 0.717) is 23.0 Å². The summed E-state index contributed by atoms with van der Waals surface area (Å²) < 4.78 is 62.8. The Morgan fingerprint density at radius 1 is 0.676 bits per heavy atom. The lowest BCUT2D eigenvalue weighted by Gasteiger charge is -2.08. The van der Waals surface area contributed by atoms with Gasteiger partial charge in [0.05, 0.1) is 24.0 Å². The van der Waals surface area contributed by atoms with Gasteiger partial charge in [0, 0.05) is 24.3 Å². The standard InChI is InChI=1S/C20H24N2O8S4/c1-29-15-3-7-17(8-4-15)33(25,26)21-19(23)11-13-31-32-14-12-20(24)22-34(27,28)18-9-5-16(30-2)6-10-18/h3-10H,11-14H2,1-2H3,(H,21,23)(H,22,24). The minimum absolute atomic E-state index is 0.0505. The van der Waals surface area contributed by atoms with Crippen molar-refractivity contribution in [2.75, 3.05) is 25.7 Å². The predicted octanol–water partition coefficient (Wildman–Crippen LogP) is 2.18. The first kappa shape index (κ1) is 27.8. The lowest BCUT2D eigenvalue weighted by Crippen LogP contribution is -2.30. The van der Waals surface area contributed by atoms with Gasteiger partial charge in [0.2, 0.25) is 11.8 Å². The summed E-state index contributed by atoms with van der Waals surface area (Å²) >= 11 is 0. The molecule has 0 saturated carbocycles. The largest absolute Gasteiger partial charge is 0.497 e. The number of hydrogen-bond donors (Lipinski definition) is 2. The highest BCUT2D eigenvalue weighted by molar-refractivity contribution is 8.76. The molecule has 0 heterocycles. The van der Waals surface area contributed by atoms with E-state index in [1.54, 1.807) is 0 Å². The van der Waals surface area contributed by atoms with Crippen molar-refractivity contribution in [2.45, 2.75) is 22.6 Å². The number of amides is 2. The van der Waals surface area contributed by atoms with E-state index in [2.05, 4.69) is 0 Å². The Hall–Kier alpha value is -2.42. The maximum absolute atomic E-state index is 12.2. The van der Waals surface area contributed by atoms with Crippen LogP contribution in [0.3, 0.4) is 0 Å². The maximum Gasteiger partial charge on any atom is 0.264 e. The fourth-order valence-corrected chi connectivity index (χ4v) is 6.42. The molecule has 0 aromatic heterocycles. The smallest absolute Gasteiger partial charge is 0.264 e. The number of hydrogen-bond acceptors (Lipinski definition) is 10. The van der Waals surface area contributed by atoms with Crippen molar-refractivity contribution in [3.63, 3.8) is 0 Å². The Balaban J connectivity index is 1.67. The monoisotopic (exact) mass is 548 g/mol. The third kappa shape index (κ3) is 8.74. The SMILES string of the molecule is COc1ccc(S(=O)(=O)NC(=O)CCSSCCC(=O)NS(=O)(=O)c2ccc(OC)cc2)cc1. The first-order valence-corrected chi connectivity index (χ1v) is 15.2. The number of methoxy groups -OCH3 is 2. The van der Waals surface area contributed by atoms with Crippen molar-refractivity contribution >= 4 is 53.4 Å². The molecule has 0 saturated heterocycles. The number of carbonyl (C=O) groups is 2. The molecule has 10 nitrogen and oxygen atoms in total. The fourth-order valence-electron chi connectivity index (χ4n) is 2.42. The van der Waals surface area contributed by atoms with Crippen LogP contribution in [0.15, 0.2) is 58.3 Å². The van der Waals surface area contributed by atoms with Gasteiger partial charge in [-0.2, -0.15) is 0 Å². The number of ether oxygens (including phenoxy) is 2. The number of rotatable bonds is 13. The highest BCUT2D eigenvalue weighted by atomic mass is 33.1. The molecule has 2 rings (SSSR count). The minimum atomic E-state index is -3.98. The van der Waals surface area contributed by atoms with Crippen molar-refractivity contribution in [3.05, 3.63) is 48.5 Å². The van der Waals surface area contributed by atoms with E-state index in [1.165, 1.54) is 84.3 Å². The molecule has 0 spiro atoms. The average Bonchev–Trinajstić information content (AvgIpc) is 2.80. The summed E-state index contributed by atoms with van der Waals surface area (Å²) in [5, 5.41) is 0. The van der Waals surface area contributed by atoms with Gasteiger partial charge in [-0.15, -0.1) is 0 Å². The van der Waals surface area contributed by atoms with E-state index in [9.17, 15) is 26.4 Å². The van der Waals surface area contributed by atoms with E-state index < -0.39 is 31.9 Å². The van der Waals surface area contributed by atoms with Crippen LogP contribution in [0.5, 0.6) is 11.5 Å². The lowest BCUT2D eigenvalue weighted by atomic mass is 10.3. The zero-order valence-electron chi connectivity index (χ0n) is 18.3. The molecule has 2 amide bonds. The van der Waals surface area contributed by atoms with Crippen molar-refractivity contribution in [3.8, 4) is 11.5 Å². The summed E-state index contributed by atoms with van der Waals surface area (Å²) in [6.45, 7) is 0. The number of carbonyl (C=O) groups excluding carboxylic acids is 2. The van der Waals surface area contributed by atoms with Crippen LogP contribution < -0.4 is 18.9 Å². The Morgan fingerprint density at radius 3 is 1.29 bits per heavy atom. The molecule has 2 N–H and O–H groups in total. The van der Waals surface area contributed by atoms with Gasteiger partial charge in [-0.3, -0.25) is 9.59 Å². The molecule has 0 aliphatic carbocycles. The molecule has 34 heavy (non-hydrogen) atoms. The van der Waals surface area contributed by atoms with Crippen LogP contribution in [0.25, 0.3) is 0 Å². The third-order valence-electron chi connectivity index (χ3n) is 4.14. The van der Waals surface area contributed by atoms with Gasteiger partial charge in [-0.1, -0.05) is 21.6 Å². The van der Waals surface area contributed by atoms with E-state index in [-0.39, 0.29) is 22.6 Å². The minimum Gasteiger partial charge on any atom is -0.497 e. The molecule has 2 aromatic rings. The summed E-state index contributed by atoms with van der Waals surface area (Å²) in [6, 6.07) is 11.2. The van der Waals surface area contributed by atoms with E-state index in [1.807, 2.05) is 9.44 Å². The van der Waals surface area contributed by atoms with Crippen LogP contribution in [0.1, 0.15) is 12.8 Å². The molecule has 186 valence electrons. The molecular weight excluding hydrogens is 524 g/mol. The van der Waals surface area contributed by atoms with Gasteiger partial charge in [-0.05, 0) is 48.5 Å². The average molecular weight is 549 g/mol. The lowest BCUT2D eigenvalue weighted by molar-refractivity contribution is -0.119. The van der Waals surface area contributed by atoms with Crippen LogP contribution in [-0.2, 0) is 29.6 Å². The molecule has 0 radical (unpaired) electrons. The van der Waals surface area contributed by atoms with Gasteiger partial charge >= 0.3 is 0 Å². The predicted molar refractivity (Wildman–Crippen MR) is 131 cm³/mol. The zero-order valence-corrected chi connectivity index (χ0v) is 21.6. The second-order valence-corrected chi connectivity index (χ2v) is 12.6. The molecule has 0 aliphatic heterocycles. The normalized spacial score (nSPS) is 11.5. The topological polar surface area (TPSA) is 145 Å². The quantitative estimate of drug-likeness (QED) is 0.282. The third-order valence-corrected chi connectivity index (χ3v) is 9.33. The molecule has 0 unspecified atom stereocenters. The van der Waals surface area contributed by atoms with Crippen molar-refractivity contribution in [1.29, 1.82) is 0 Å². The molecule has 2 aromatic carbocycles. The second kappa shape index (κ2) is 12.9. The Kier molecular flexibility index (Phi) is 10.5. The molecule has 0 aliphatic rings. The van der Waals surface area contributed by atoms with Crippen molar-refractivity contribution < 1.29 is 35.9 Å². The Bertz CT molecular complexity index is 1090. The molecule has 0 fully saturated rings. The van der Waals surface area contributed by atoms with Crippen LogP contribution in [0, 0.1) is 0 Å². The van der Waals surface area contributed by atoms with Crippen molar-refractivity contribution in [1.82, 2.24) is 9.44 Å². The summed E-state index contributed by atoms with van der Waals surface area (Å²) in [7, 11) is -2.50. The number of nitrogens with one attached hydrogen (secondary N) is 2. The number of benzene rings is 2. The van der Waals surface area contributed by atoms with E-state index in [4.69, 9.17) is 9.47 Å². The van der Waals surface area contributed by atoms with Gasteiger partial charge in [0.1, 0.15) is 11.5 Å². The van der Waals surface area contributed by atoms with Crippen LogP contribution in [-0.4, -0.2) is 54.4 Å². The van der Waals surface area contributed by atoms with Gasteiger partial charge in [0.25, 0.3) is 20.0 Å². The second-order valence-electron chi connectivity index (χ2n) is 6.55. The van der Waals surface area contributed by atoms with Crippen LogP contribution in [0.2, 0.25) is 0 Å². The summed E-state index contributed by atoms with van der Waals surface area (Å²) in [5.41, 5.74) is 0. The van der Waals surface area contributed by atoms with E-state index >= 15 is 0 Å². The van der Waals surface area contributed by atoms with Gasteiger partial charge in [-0.25, -0.2) is 26.3 Å². The zero-order chi connectivity index (χ0) is 25.2. The van der Waals surface area contributed by atoms with Crippen molar-refractivity contribution in [2.24, 2.45) is 0 Å². The van der Waals surface area contributed by atoms with Crippen LogP contribution in [0.4, 0.5) is 0 Å². The first-order chi connectivity index (χ1) is 16.1. The highest BCUT2D eigenvalue weighted by Gasteiger charge is 2.19. The summed E-state index contributed by atoms with van der Waals surface area (Å²) in [4.78, 5) is 23.8. The highest BCUT2D eigenvalue weighted by Crippen LogP contribution is 2.23. The number of sulfonamides is 2. The molecule has 0 atom stereocenters.